The molecule has 0 spiro atoms. The van der Waals surface area contributed by atoms with E-state index in [4.69, 9.17) is 0 Å². The molecular weight excluding hydrogens is 368 g/mol. The molecule has 0 aliphatic rings. The lowest BCUT2D eigenvalue weighted by atomic mass is 10.1. The topological polar surface area (TPSA) is 92.2 Å². The van der Waals surface area contributed by atoms with Gasteiger partial charge in [0.15, 0.2) is 0 Å². The number of nitrogens with zero attached hydrogens (tertiary/aromatic N) is 4. The fraction of sp³-hybridized carbons (Fsp3) is 0.238. The molecule has 3 amide bonds. The number of carbonyl (C=O) groups excluding carboxylic acids is 2. The molecule has 3 aromatic rings. The van der Waals surface area contributed by atoms with E-state index in [1.807, 2.05) is 61.5 Å². The largest absolute Gasteiger partial charge is 0.337 e. The Bertz CT molecular complexity index is 926. The average molecular weight is 392 g/mol. The quantitative estimate of drug-likeness (QED) is 0.645. The van der Waals surface area contributed by atoms with Crippen LogP contribution in [0.25, 0.3) is 5.69 Å². The highest BCUT2D eigenvalue weighted by Crippen LogP contribution is 2.20. The molecule has 0 aliphatic heterocycles. The molecule has 29 heavy (non-hydrogen) atoms. The third kappa shape index (κ3) is 5.41. The van der Waals surface area contributed by atoms with E-state index in [1.54, 1.807) is 23.0 Å². The lowest BCUT2D eigenvalue weighted by Gasteiger charge is -2.25. The van der Waals surface area contributed by atoms with Crippen molar-refractivity contribution < 1.29 is 9.59 Å². The molecule has 1 atom stereocenters. The van der Waals surface area contributed by atoms with Crippen molar-refractivity contribution in [3.8, 4) is 5.69 Å². The molecule has 3 rings (SSSR count). The van der Waals surface area contributed by atoms with Crippen LogP contribution in [0.15, 0.2) is 67.3 Å². The van der Waals surface area contributed by atoms with Crippen molar-refractivity contribution in [1.29, 1.82) is 0 Å². The molecule has 8 nitrogen and oxygen atoms in total. The van der Waals surface area contributed by atoms with Crippen LogP contribution in [-0.2, 0) is 11.3 Å². The first kappa shape index (κ1) is 20.1. The number of nitrogens with one attached hydrogen (secondary N) is 2. The molecule has 0 saturated carbocycles. The molecule has 8 heteroatoms. The fourth-order valence-electron chi connectivity index (χ4n) is 2.81. The Kier molecular flexibility index (Phi) is 6.57. The van der Waals surface area contributed by atoms with Gasteiger partial charge in [-0.2, -0.15) is 5.10 Å². The number of aromatic nitrogens is 3. The van der Waals surface area contributed by atoms with Gasteiger partial charge in [0.2, 0.25) is 5.91 Å². The highest BCUT2D eigenvalue weighted by molar-refractivity contribution is 5.84. The first-order valence-electron chi connectivity index (χ1n) is 9.31. The summed E-state index contributed by atoms with van der Waals surface area (Å²) in [6.45, 7) is 2.28. The van der Waals surface area contributed by atoms with Crippen LogP contribution >= 0.6 is 0 Å². The summed E-state index contributed by atoms with van der Waals surface area (Å²) in [6.07, 6.45) is 3.11. The summed E-state index contributed by atoms with van der Waals surface area (Å²) in [5.74, 6) is -0.173. The molecule has 2 aromatic carbocycles. The van der Waals surface area contributed by atoms with Crippen LogP contribution in [0.4, 0.5) is 4.79 Å². The first-order chi connectivity index (χ1) is 14.0. The van der Waals surface area contributed by atoms with E-state index < -0.39 is 0 Å². The summed E-state index contributed by atoms with van der Waals surface area (Å²) in [7, 11) is 1.72. The molecule has 0 aliphatic carbocycles. The Morgan fingerprint density at radius 2 is 1.79 bits per heavy atom. The minimum atomic E-state index is -0.375. The number of hydrogen-bond donors (Lipinski definition) is 2. The minimum Gasteiger partial charge on any atom is -0.337 e. The van der Waals surface area contributed by atoms with Gasteiger partial charge in [-0.25, -0.2) is 14.5 Å². The summed E-state index contributed by atoms with van der Waals surface area (Å²) in [6, 6.07) is 16.8. The summed E-state index contributed by atoms with van der Waals surface area (Å²) in [5, 5.41) is 9.44. The number of carbonyl (C=O) groups is 2. The second kappa shape index (κ2) is 9.50. The lowest BCUT2D eigenvalue weighted by molar-refractivity contribution is -0.130. The van der Waals surface area contributed by atoms with Gasteiger partial charge >= 0.3 is 6.03 Å². The molecule has 150 valence electrons. The fourth-order valence-corrected chi connectivity index (χ4v) is 2.81. The maximum atomic E-state index is 12.5. The highest BCUT2D eigenvalue weighted by atomic mass is 16.2. The molecule has 0 saturated heterocycles. The maximum Gasteiger partial charge on any atom is 0.315 e. The zero-order chi connectivity index (χ0) is 20.6. The van der Waals surface area contributed by atoms with Crippen molar-refractivity contribution in [1.82, 2.24) is 30.3 Å². The van der Waals surface area contributed by atoms with E-state index in [1.165, 1.54) is 6.33 Å². The van der Waals surface area contributed by atoms with Crippen LogP contribution in [0, 0.1) is 0 Å². The van der Waals surface area contributed by atoms with Gasteiger partial charge in [0.1, 0.15) is 12.7 Å². The Balaban J connectivity index is 1.48. The van der Waals surface area contributed by atoms with Gasteiger partial charge in [0, 0.05) is 13.6 Å². The van der Waals surface area contributed by atoms with Crippen molar-refractivity contribution in [2.24, 2.45) is 0 Å². The Labute approximate surface area is 169 Å². The smallest absolute Gasteiger partial charge is 0.315 e. The maximum absolute atomic E-state index is 12.5. The Morgan fingerprint density at radius 3 is 2.45 bits per heavy atom. The van der Waals surface area contributed by atoms with Crippen molar-refractivity contribution in [3.63, 3.8) is 0 Å². The lowest BCUT2D eigenvalue weighted by Crippen LogP contribution is -2.43. The number of rotatable bonds is 7. The van der Waals surface area contributed by atoms with Crippen molar-refractivity contribution >= 4 is 11.9 Å². The van der Waals surface area contributed by atoms with Crippen molar-refractivity contribution in [2.75, 3.05) is 13.6 Å². The third-order valence-electron chi connectivity index (χ3n) is 4.73. The average Bonchev–Trinajstić information content (AvgIpc) is 3.31. The first-order valence-corrected chi connectivity index (χ1v) is 9.31. The van der Waals surface area contributed by atoms with Gasteiger partial charge in [-0.05, 0) is 30.2 Å². The van der Waals surface area contributed by atoms with E-state index in [9.17, 15) is 9.59 Å². The standard InChI is InChI=1S/C21H24N6O2/c1-16(18-8-10-19(11-9-18)27-15-22-14-25-27)26(2)20(28)13-24-21(29)23-12-17-6-4-3-5-7-17/h3-11,14-16H,12-13H2,1-2H3,(H2,23,24,29). The van der Waals surface area contributed by atoms with E-state index >= 15 is 0 Å². The van der Waals surface area contributed by atoms with Crippen LogP contribution in [0.2, 0.25) is 0 Å². The second-order valence-corrected chi connectivity index (χ2v) is 6.63. The van der Waals surface area contributed by atoms with Gasteiger partial charge in [-0.15, -0.1) is 0 Å². The van der Waals surface area contributed by atoms with Crippen molar-refractivity contribution in [2.45, 2.75) is 19.5 Å². The number of likely N-dealkylation sites (N-methyl/N-ethyl adjacent to an activating group) is 1. The molecule has 1 heterocycles. The monoisotopic (exact) mass is 392 g/mol. The third-order valence-corrected chi connectivity index (χ3v) is 4.73. The van der Waals surface area contributed by atoms with Gasteiger partial charge < -0.3 is 15.5 Å². The Hall–Kier alpha value is -3.68. The van der Waals surface area contributed by atoms with Gasteiger partial charge in [0.25, 0.3) is 0 Å². The Morgan fingerprint density at radius 1 is 1.07 bits per heavy atom. The molecule has 0 radical (unpaired) electrons. The zero-order valence-corrected chi connectivity index (χ0v) is 16.4. The summed E-state index contributed by atoms with van der Waals surface area (Å²) < 4.78 is 1.67. The molecular formula is C21H24N6O2. The van der Waals surface area contributed by atoms with E-state index in [0.29, 0.717) is 6.54 Å². The number of urea groups is 1. The summed E-state index contributed by atoms with van der Waals surface area (Å²) in [5.41, 5.74) is 2.87. The van der Waals surface area contributed by atoms with Gasteiger partial charge in [-0.3, -0.25) is 4.79 Å². The van der Waals surface area contributed by atoms with Crippen molar-refractivity contribution in [3.05, 3.63) is 78.4 Å². The van der Waals surface area contributed by atoms with Crippen LogP contribution < -0.4 is 10.6 Å². The molecule has 1 aromatic heterocycles. The van der Waals surface area contributed by atoms with Crippen LogP contribution in [-0.4, -0.2) is 45.2 Å². The van der Waals surface area contributed by atoms with E-state index in [0.717, 1.165) is 16.8 Å². The van der Waals surface area contributed by atoms with Gasteiger partial charge in [-0.1, -0.05) is 42.5 Å². The summed E-state index contributed by atoms with van der Waals surface area (Å²) in [4.78, 5) is 29.9. The molecule has 0 bridgehead atoms. The second-order valence-electron chi connectivity index (χ2n) is 6.63. The molecule has 2 N–H and O–H groups in total. The van der Waals surface area contributed by atoms with E-state index in [-0.39, 0.29) is 24.5 Å². The number of hydrogen-bond acceptors (Lipinski definition) is 4. The SMILES string of the molecule is CC(c1ccc(-n2cncn2)cc1)N(C)C(=O)CNC(=O)NCc1ccccc1. The van der Waals surface area contributed by atoms with Crippen LogP contribution in [0.5, 0.6) is 0 Å². The minimum absolute atomic E-state index is 0.0709. The number of benzene rings is 2. The van der Waals surface area contributed by atoms with Crippen LogP contribution in [0.1, 0.15) is 24.1 Å². The van der Waals surface area contributed by atoms with E-state index in [2.05, 4.69) is 20.7 Å². The highest BCUT2D eigenvalue weighted by Gasteiger charge is 2.18. The predicted molar refractivity (Wildman–Crippen MR) is 109 cm³/mol. The zero-order valence-electron chi connectivity index (χ0n) is 16.4. The normalized spacial score (nSPS) is 11.5. The van der Waals surface area contributed by atoms with Crippen LogP contribution in [0.3, 0.4) is 0 Å². The number of amides is 3. The molecule has 1 unspecified atom stereocenters. The summed E-state index contributed by atoms with van der Waals surface area (Å²) >= 11 is 0. The molecule has 0 fully saturated rings. The predicted octanol–water partition coefficient (Wildman–Crippen LogP) is 2.29. The van der Waals surface area contributed by atoms with Gasteiger partial charge in [0.05, 0.1) is 18.3 Å².